The molecule has 1 N–H and O–H groups in total. The van der Waals surface area contributed by atoms with E-state index in [1.165, 1.54) is 0 Å². The number of amides is 1. The van der Waals surface area contributed by atoms with Gasteiger partial charge in [-0.2, -0.15) is 5.10 Å². The largest absolute Gasteiger partial charge is 0.379 e. The topological polar surface area (TPSA) is 71.8 Å². The average Bonchev–Trinajstić information content (AvgIpc) is 2.82. The average molecular weight is 275 g/mol. The molecule has 3 heterocycles. The molecule has 106 valence electrons. The van der Waals surface area contributed by atoms with E-state index < -0.39 is 0 Å². The van der Waals surface area contributed by atoms with Crippen molar-refractivity contribution in [3.8, 4) is 0 Å². The first-order chi connectivity index (χ1) is 9.65. The van der Waals surface area contributed by atoms with Crippen LogP contribution in [0.4, 0.5) is 0 Å². The van der Waals surface area contributed by atoms with Crippen molar-refractivity contribution in [3.63, 3.8) is 0 Å². The summed E-state index contributed by atoms with van der Waals surface area (Å²) in [6, 6.07) is 1.89. The third-order valence-electron chi connectivity index (χ3n) is 3.36. The summed E-state index contributed by atoms with van der Waals surface area (Å²) in [5.41, 5.74) is 5.83. The molecule has 7 heteroatoms. The quantitative estimate of drug-likeness (QED) is 0.855. The lowest BCUT2D eigenvalue weighted by atomic mass is 10.2. The Morgan fingerprint density at radius 3 is 2.85 bits per heavy atom. The molecule has 1 saturated heterocycles. The van der Waals surface area contributed by atoms with Gasteiger partial charge in [0.25, 0.3) is 5.91 Å². The van der Waals surface area contributed by atoms with E-state index in [4.69, 9.17) is 4.74 Å². The lowest BCUT2D eigenvalue weighted by Gasteiger charge is -2.27. The number of rotatable bonds is 2. The summed E-state index contributed by atoms with van der Waals surface area (Å²) in [6.45, 7) is 6.43. The van der Waals surface area contributed by atoms with Gasteiger partial charge in [0, 0.05) is 25.4 Å². The molecule has 0 bridgehead atoms. The van der Waals surface area contributed by atoms with E-state index in [1.807, 2.05) is 24.9 Å². The molecule has 1 fully saturated rings. The molecule has 1 aliphatic heterocycles. The maximum Gasteiger partial charge on any atom is 0.268 e. The molecule has 1 amide bonds. The van der Waals surface area contributed by atoms with Gasteiger partial charge in [-0.1, -0.05) is 0 Å². The van der Waals surface area contributed by atoms with Crippen LogP contribution in [0.2, 0.25) is 0 Å². The summed E-state index contributed by atoms with van der Waals surface area (Å²) in [6.07, 6.45) is 1.60. The highest BCUT2D eigenvalue weighted by molar-refractivity contribution is 5.94. The second-order valence-electron chi connectivity index (χ2n) is 4.85. The number of hydrazine groups is 1. The second kappa shape index (κ2) is 5.18. The molecule has 0 unspecified atom stereocenters. The number of aryl methyl sites for hydroxylation is 2. The van der Waals surface area contributed by atoms with E-state index in [0.717, 1.165) is 17.0 Å². The van der Waals surface area contributed by atoms with Crippen molar-refractivity contribution in [1.29, 1.82) is 0 Å². The standard InChI is InChI=1S/C13H17N5O2/c1-9-7-12-14-8-11(10(2)18(12)15-9)13(19)16-17-3-5-20-6-4-17/h7-8H,3-6H2,1-2H3,(H,16,19). The summed E-state index contributed by atoms with van der Waals surface area (Å²) in [5.74, 6) is -0.160. The highest BCUT2D eigenvalue weighted by Crippen LogP contribution is 2.11. The van der Waals surface area contributed by atoms with Crippen molar-refractivity contribution in [3.05, 3.63) is 29.2 Å². The van der Waals surface area contributed by atoms with E-state index >= 15 is 0 Å². The number of carbonyl (C=O) groups excluding carboxylic acids is 1. The van der Waals surface area contributed by atoms with E-state index in [2.05, 4.69) is 15.5 Å². The van der Waals surface area contributed by atoms with Crippen LogP contribution in [0.25, 0.3) is 5.65 Å². The van der Waals surface area contributed by atoms with E-state index in [0.29, 0.717) is 31.9 Å². The molecule has 2 aromatic rings. The molecule has 1 aliphatic rings. The molecule has 0 aliphatic carbocycles. The fourth-order valence-corrected chi connectivity index (χ4v) is 2.26. The monoisotopic (exact) mass is 275 g/mol. The maximum absolute atomic E-state index is 12.3. The summed E-state index contributed by atoms with van der Waals surface area (Å²) >= 11 is 0. The zero-order valence-electron chi connectivity index (χ0n) is 11.6. The van der Waals surface area contributed by atoms with E-state index in [9.17, 15) is 4.79 Å². The van der Waals surface area contributed by atoms with Crippen molar-refractivity contribution in [1.82, 2.24) is 25.0 Å². The van der Waals surface area contributed by atoms with Crippen LogP contribution in [0.1, 0.15) is 21.7 Å². The minimum atomic E-state index is -0.160. The normalized spacial score (nSPS) is 16.5. The fraction of sp³-hybridized carbons (Fsp3) is 0.462. The molecule has 0 radical (unpaired) electrons. The van der Waals surface area contributed by atoms with E-state index in [1.54, 1.807) is 10.7 Å². The van der Waals surface area contributed by atoms with Gasteiger partial charge in [0.15, 0.2) is 5.65 Å². The minimum Gasteiger partial charge on any atom is -0.379 e. The summed E-state index contributed by atoms with van der Waals surface area (Å²) in [7, 11) is 0. The summed E-state index contributed by atoms with van der Waals surface area (Å²) < 4.78 is 6.95. The molecule has 20 heavy (non-hydrogen) atoms. The third-order valence-corrected chi connectivity index (χ3v) is 3.36. The van der Waals surface area contributed by atoms with Crippen molar-refractivity contribution >= 4 is 11.6 Å². The summed E-state index contributed by atoms with van der Waals surface area (Å²) in [5, 5.41) is 6.21. The van der Waals surface area contributed by atoms with Gasteiger partial charge in [-0.15, -0.1) is 0 Å². The Hall–Kier alpha value is -1.99. The Bertz CT molecular complexity index is 645. The highest BCUT2D eigenvalue weighted by atomic mass is 16.5. The predicted molar refractivity (Wildman–Crippen MR) is 72.3 cm³/mol. The fourth-order valence-electron chi connectivity index (χ4n) is 2.26. The zero-order chi connectivity index (χ0) is 14.1. The molecule has 2 aromatic heterocycles. The van der Waals surface area contributed by atoms with Gasteiger partial charge in [-0.3, -0.25) is 10.2 Å². The number of fused-ring (bicyclic) bond motifs is 1. The predicted octanol–water partition coefficient (Wildman–Crippen LogP) is 0.323. The van der Waals surface area contributed by atoms with Gasteiger partial charge >= 0.3 is 0 Å². The first-order valence-electron chi connectivity index (χ1n) is 6.61. The van der Waals surface area contributed by atoms with Crippen LogP contribution in [0.5, 0.6) is 0 Å². The Morgan fingerprint density at radius 2 is 2.10 bits per heavy atom. The molecule has 0 aromatic carbocycles. The molecule has 0 spiro atoms. The van der Waals surface area contributed by atoms with Gasteiger partial charge in [0.05, 0.1) is 30.2 Å². The smallest absolute Gasteiger partial charge is 0.268 e. The van der Waals surface area contributed by atoms with Crippen LogP contribution in [-0.2, 0) is 4.74 Å². The van der Waals surface area contributed by atoms with E-state index in [-0.39, 0.29) is 5.91 Å². The Labute approximate surface area is 116 Å². The first kappa shape index (κ1) is 13.0. The van der Waals surface area contributed by atoms with Crippen molar-refractivity contribution < 1.29 is 9.53 Å². The molecule has 0 saturated carbocycles. The number of ether oxygens (including phenoxy) is 1. The van der Waals surface area contributed by atoms with Crippen LogP contribution in [-0.4, -0.2) is 51.8 Å². The Balaban J connectivity index is 1.85. The van der Waals surface area contributed by atoms with Gasteiger partial charge in [-0.05, 0) is 13.8 Å². The van der Waals surface area contributed by atoms with Gasteiger partial charge in [0.2, 0.25) is 0 Å². The number of hydrogen-bond donors (Lipinski definition) is 1. The van der Waals surface area contributed by atoms with Crippen LogP contribution >= 0.6 is 0 Å². The lowest BCUT2D eigenvalue weighted by Crippen LogP contribution is -2.48. The van der Waals surface area contributed by atoms with Crippen molar-refractivity contribution in [2.45, 2.75) is 13.8 Å². The lowest BCUT2D eigenvalue weighted by molar-refractivity contribution is 0.0126. The number of morpholine rings is 1. The van der Waals surface area contributed by atoms with Crippen molar-refractivity contribution in [2.75, 3.05) is 26.3 Å². The van der Waals surface area contributed by atoms with Crippen LogP contribution in [0.15, 0.2) is 12.3 Å². The number of carbonyl (C=O) groups is 1. The molecular weight excluding hydrogens is 258 g/mol. The molecule has 7 nitrogen and oxygen atoms in total. The number of hydrogen-bond acceptors (Lipinski definition) is 5. The molecule has 0 atom stereocenters. The Morgan fingerprint density at radius 1 is 1.35 bits per heavy atom. The SMILES string of the molecule is Cc1cc2ncc(C(=O)NN3CCOCC3)c(C)n2n1. The number of aromatic nitrogens is 3. The van der Waals surface area contributed by atoms with Crippen LogP contribution in [0.3, 0.4) is 0 Å². The highest BCUT2D eigenvalue weighted by Gasteiger charge is 2.18. The van der Waals surface area contributed by atoms with Crippen molar-refractivity contribution in [2.24, 2.45) is 0 Å². The zero-order valence-corrected chi connectivity index (χ0v) is 11.6. The second-order valence-corrected chi connectivity index (χ2v) is 4.85. The maximum atomic E-state index is 12.3. The Kier molecular flexibility index (Phi) is 3.37. The van der Waals surface area contributed by atoms with Gasteiger partial charge < -0.3 is 4.74 Å². The van der Waals surface area contributed by atoms with Crippen LogP contribution < -0.4 is 5.43 Å². The molecule has 3 rings (SSSR count). The summed E-state index contributed by atoms with van der Waals surface area (Å²) in [4.78, 5) is 16.6. The third kappa shape index (κ3) is 2.37. The van der Waals surface area contributed by atoms with Gasteiger partial charge in [-0.25, -0.2) is 14.5 Å². The van der Waals surface area contributed by atoms with Gasteiger partial charge in [0.1, 0.15) is 0 Å². The number of nitrogens with zero attached hydrogens (tertiary/aromatic N) is 4. The first-order valence-corrected chi connectivity index (χ1v) is 6.61. The molecular formula is C13H17N5O2. The minimum absolute atomic E-state index is 0.160. The number of nitrogens with one attached hydrogen (secondary N) is 1. The van der Waals surface area contributed by atoms with Crippen LogP contribution in [0, 0.1) is 13.8 Å².